The van der Waals surface area contributed by atoms with Crippen LogP contribution < -0.4 is 0 Å². The second kappa shape index (κ2) is 6.02. The highest BCUT2D eigenvalue weighted by Gasteiger charge is 1.65. The summed E-state index contributed by atoms with van der Waals surface area (Å²) in [5, 5.41) is 0. The molecule has 0 spiro atoms. The number of allylic oxidation sites excluding steroid dienone is 2. The first kappa shape index (κ1) is 7.02. The minimum atomic E-state index is 0.560. The topological polar surface area (TPSA) is 9.23 Å². The van der Waals surface area contributed by atoms with Crippen molar-refractivity contribution in [3.63, 3.8) is 0 Å². The summed E-state index contributed by atoms with van der Waals surface area (Å²) in [5.41, 5.74) is 0. The third-order valence-electron chi connectivity index (χ3n) is 0.525. The van der Waals surface area contributed by atoms with Gasteiger partial charge in [-0.3, -0.25) is 0 Å². The minimum Gasteiger partial charge on any atom is -0.497 e. The fourth-order valence-corrected chi connectivity index (χ4v) is 0.235. The Morgan fingerprint density at radius 1 is 1.38 bits per heavy atom. The van der Waals surface area contributed by atoms with Crippen LogP contribution in [0.1, 0.15) is 0 Å². The highest BCUT2D eigenvalue weighted by molar-refractivity contribution is 4.93. The van der Waals surface area contributed by atoms with Crippen LogP contribution in [0.4, 0.5) is 0 Å². The van der Waals surface area contributed by atoms with Crippen LogP contribution in [0.5, 0.6) is 0 Å². The number of ether oxygens (including phenoxy) is 1. The first-order valence-corrected chi connectivity index (χ1v) is 2.42. The van der Waals surface area contributed by atoms with E-state index >= 15 is 0 Å². The van der Waals surface area contributed by atoms with Crippen LogP contribution in [-0.4, -0.2) is 6.61 Å². The van der Waals surface area contributed by atoms with Gasteiger partial charge in [-0.2, -0.15) is 0 Å². The first-order chi connectivity index (χ1) is 3.91. The molecule has 44 valence electrons. The van der Waals surface area contributed by atoms with E-state index in [9.17, 15) is 0 Å². The van der Waals surface area contributed by atoms with Crippen LogP contribution in [0, 0.1) is 0 Å². The van der Waals surface area contributed by atoms with Crippen molar-refractivity contribution in [1.29, 1.82) is 0 Å². The van der Waals surface area contributed by atoms with E-state index in [-0.39, 0.29) is 0 Å². The van der Waals surface area contributed by atoms with E-state index in [1.807, 2.05) is 0 Å². The van der Waals surface area contributed by atoms with Gasteiger partial charge in [0.1, 0.15) is 6.61 Å². The summed E-state index contributed by atoms with van der Waals surface area (Å²) < 4.78 is 4.85. The van der Waals surface area contributed by atoms with Crippen molar-refractivity contribution >= 4 is 0 Å². The van der Waals surface area contributed by atoms with Crippen LogP contribution in [-0.2, 0) is 4.74 Å². The number of hydrogen-bond acceptors (Lipinski definition) is 1. The van der Waals surface area contributed by atoms with Gasteiger partial charge < -0.3 is 4.74 Å². The maximum absolute atomic E-state index is 4.85. The van der Waals surface area contributed by atoms with E-state index in [1.54, 1.807) is 24.5 Å². The largest absolute Gasteiger partial charge is 0.497 e. The van der Waals surface area contributed by atoms with Crippen LogP contribution in [0.3, 0.4) is 0 Å². The molecule has 0 saturated carbocycles. The van der Waals surface area contributed by atoms with E-state index < -0.39 is 0 Å². The van der Waals surface area contributed by atoms with E-state index in [0.29, 0.717) is 6.61 Å². The predicted molar refractivity (Wildman–Crippen MR) is 35.5 cm³/mol. The van der Waals surface area contributed by atoms with Crippen molar-refractivity contribution in [2.24, 2.45) is 0 Å². The van der Waals surface area contributed by atoms with E-state index in [4.69, 9.17) is 4.74 Å². The molecule has 0 heterocycles. The zero-order valence-electron chi connectivity index (χ0n) is 4.84. The van der Waals surface area contributed by atoms with Crippen LogP contribution in [0.25, 0.3) is 0 Å². The Balaban J connectivity index is 3.02. The van der Waals surface area contributed by atoms with Crippen LogP contribution in [0.2, 0.25) is 0 Å². The first-order valence-electron chi connectivity index (χ1n) is 2.42. The lowest BCUT2D eigenvalue weighted by Gasteiger charge is -1.88. The molecule has 8 heavy (non-hydrogen) atoms. The molecule has 0 aromatic heterocycles. The van der Waals surface area contributed by atoms with Gasteiger partial charge in [0, 0.05) is 0 Å². The highest BCUT2D eigenvalue weighted by atomic mass is 16.5. The summed E-state index contributed by atoms with van der Waals surface area (Å²) in [4.78, 5) is 0. The van der Waals surface area contributed by atoms with Crippen molar-refractivity contribution in [1.82, 2.24) is 0 Å². The van der Waals surface area contributed by atoms with Gasteiger partial charge in [0.05, 0.1) is 6.26 Å². The summed E-state index contributed by atoms with van der Waals surface area (Å²) in [7, 11) is 0. The van der Waals surface area contributed by atoms with Gasteiger partial charge in [-0.05, 0) is 6.08 Å². The summed E-state index contributed by atoms with van der Waals surface area (Å²) in [6.07, 6.45) is 6.65. The molecule has 0 radical (unpaired) electrons. The molecular weight excluding hydrogens is 100 g/mol. The molecule has 0 saturated heterocycles. The van der Waals surface area contributed by atoms with Gasteiger partial charge in [0.25, 0.3) is 0 Å². The van der Waals surface area contributed by atoms with Crippen molar-refractivity contribution in [2.45, 2.75) is 0 Å². The third kappa shape index (κ3) is 5.02. The Labute approximate surface area is 50.0 Å². The quantitative estimate of drug-likeness (QED) is 0.232. The smallest absolute Gasteiger partial charge is 0.105 e. The van der Waals surface area contributed by atoms with Gasteiger partial charge in [0.15, 0.2) is 0 Å². The van der Waals surface area contributed by atoms with Crippen molar-refractivity contribution in [3.05, 3.63) is 37.6 Å². The Morgan fingerprint density at radius 2 is 2.12 bits per heavy atom. The number of rotatable bonds is 4. The SMILES string of the molecule is C=C/C=C/OCC=C. The minimum absolute atomic E-state index is 0.560. The normalized spacial score (nSPS) is 9.00. The second-order valence-electron chi connectivity index (χ2n) is 1.19. The highest BCUT2D eigenvalue weighted by Crippen LogP contribution is 1.77. The monoisotopic (exact) mass is 110 g/mol. The Morgan fingerprint density at radius 3 is 2.62 bits per heavy atom. The zero-order chi connectivity index (χ0) is 6.24. The van der Waals surface area contributed by atoms with E-state index in [0.717, 1.165) is 0 Å². The zero-order valence-corrected chi connectivity index (χ0v) is 4.84. The van der Waals surface area contributed by atoms with Gasteiger partial charge in [0.2, 0.25) is 0 Å². The summed E-state index contributed by atoms with van der Waals surface area (Å²) >= 11 is 0. The second-order valence-corrected chi connectivity index (χ2v) is 1.19. The summed E-state index contributed by atoms with van der Waals surface area (Å²) in [5.74, 6) is 0. The molecule has 1 heteroatoms. The summed E-state index contributed by atoms with van der Waals surface area (Å²) in [6.45, 7) is 7.50. The third-order valence-corrected chi connectivity index (χ3v) is 0.525. The van der Waals surface area contributed by atoms with Gasteiger partial charge in [-0.1, -0.05) is 25.3 Å². The number of hydrogen-bond donors (Lipinski definition) is 0. The molecule has 0 fully saturated rings. The molecule has 0 amide bonds. The van der Waals surface area contributed by atoms with Gasteiger partial charge in [-0.25, -0.2) is 0 Å². The van der Waals surface area contributed by atoms with Crippen molar-refractivity contribution < 1.29 is 4.74 Å². The molecular formula is C7H10O. The lowest BCUT2D eigenvalue weighted by molar-refractivity contribution is 0.290. The maximum Gasteiger partial charge on any atom is 0.105 e. The lowest BCUT2D eigenvalue weighted by Crippen LogP contribution is -1.76. The van der Waals surface area contributed by atoms with E-state index in [1.165, 1.54) is 0 Å². The fraction of sp³-hybridized carbons (Fsp3) is 0.143. The molecule has 0 rings (SSSR count). The molecule has 0 N–H and O–H groups in total. The fourth-order valence-electron chi connectivity index (χ4n) is 0.235. The lowest BCUT2D eigenvalue weighted by atomic mass is 10.6. The maximum atomic E-state index is 4.85. The van der Waals surface area contributed by atoms with Gasteiger partial charge in [-0.15, -0.1) is 0 Å². The predicted octanol–water partition coefficient (Wildman–Crippen LogP) is 1.89. The van der Waals surface area contributed by atoms with Crippen LogP contribution >= 0.6 is 0 Å². The molecule has 0 aliphatic heterocycles. The van der Waals surface area contributed by atoms with Gasteiger partial charge >= 0.3 is 0 Å². The molecule has 0 unspecified atom stereocenters. The average Bonchev–Trinajstić information content (AvgIpc) is 1.81. The van der Waals surface area contributed by atoms with Crippen molar-refractivity contribution in [2.75, 3.05) is 6.61 Å². The Hall–Kier alpha value is -0.980. The van der Waals surface area contributed by atoms with Crippen molar-refractivity contribution in [3.8, 4) is 0 Å². The Bertz CT molecular complexity index is 92.6. The molecule has 0 atom stereocenters. The molecule has 1 nitrogen and oxygen atoms in total. The summed E-state index contributed by atoms with van der Waals surface area (Å²) in [6, 6.07) is 0. The molecule has 0 aromatic rings. The van der Waals surface area contributed by atoms with Crippen LogP contribution in [0.15, 0.2) is 37.6 Å². The molecule has 0 aliphatic rings. The molecule has 0 aromatic carbocycles. The molecule has 0 bridgehead atoms. The van der Waals surface area contributed by atoms with E-state index in [2.05, 4.69) is 13.2 Å². The molecule has 0 aliphatic carbocycles. The average molecular weight is 110 g/mol. The standard InChI is InChI=1S/C7H10O/c1-3-5-7-8-6-4-2/h3-5,7H,1-2,6H2/b7-5+. The Kier molecular flexibility index (Phi) is 5.28.